The predicted molar refractivity (Wildman–Crippen MR) is 96.4 cm³/mol. The van der Waals surface area contributed by atoms with E-state index in [4.69, 9.17) is 0 Å². The molecule has 0 aliphatic carbocycles. The van der Waals surface area contributed by atoms with Crippen LogP contribution in [0.15, 0.2) is 42.7 Å². The fourth-order valence-corrected chi connectivity index (χ4v) is 3.65. The van der Waals surface area contributed by atoms with E-state index < -0.39 is 46.7 Å². The Morgan fingerprint density at radius 3 is 2.00 bits per heavy atom. The zero-order chi connectivity index (χ0) is 24.3. The number of carbonyl (C=O) groups excluding carboxylic acids is 2. The normalized spacial score (nSPS) is 14.7. The van der Waals surface area contributed by atoms with Gasteiger partial charge in [0.15, 0.2) is 0 Å². The van der Waals surface area contributed by atoms with Gasteiger partial charge >= 0.3 is 18.0 Å². The van der Waals surface area contributed by atoms with Gasteiger partial charge < -0.3 is 0 Å². The summed E-state index contributed by atoms with van der Waals surface area (Å²) in [4.78, 5) is 26.5. The Labute approximate surface area is 179 Å². The number of anilines is 1. The van der Waals surface area contributed by atoms with E-state index in [0.29, 0.717) is 17.0 Å². The second-order valence-corrected chi connectivity index (χ2v) is 7.00. The Bertz CT molecular complexity index is 1250. The van der Waals surface area contributed by atoms with Crippen LogP contribution >= 0.6 is 0 Å². The smallest absolute Gasteiger partial charge is 0.268 e. The molecular weight excluding hydrogens is 463 g/mol. The lowest BCUT2D eigenvalue weighted by molar-refractivity contribution is -0.348. The fraction of sp³-hybridized carbons (Fsp3) is 0.211. The number of halogens is 7. The molecule has 1 aromatic heterocycles. The number of hydrogen-bond donors (Lipinski definition) is 0. The second kappa shape index (κ2) is 7.08. The molecule has 0 N–H and O–H groups in total. The number of amides is 2. The first-order chi connectivity index (χ1) is 15.3. The molecule has 1 aliphatic heterocycles. The zero-order valence-corrected chi connectivity index (χ0v) is 16.2. The summed E-state index contributed by atoms with van der Waals surface area (Å²) in [7, 11) is 0. The Kier molecular flexibility index (Phi) is 4.80. The van der Waals surface area contributed by atoms with E-state index in [1.54, 1.807) is 0 Å². The van der Waals surface area contributed by atoms with Crippen molar-refractivity contribution in [3.05, 3.63) is 65.0 Å². The Morgan fingerprint density at radius 2 is 1.42 bits per heavy atom. The van der Waals surface area contributed by atoms with Gasteiger partial charge in [-0.15, -0.1) is 5.10 Å². The summed E-state index contributed by atoms with van der Waals surface area (Å²) < 4.78 is 95.5. The van der Waals surface area contributed by atoms with Crippen molar-refractivity contribution in [1.29, 1.82) is 0 Å². The van der Waals surface area contributed by atoms with Gasteiger partial charge in [0, 0.05) is 5.56 Å². The molecule has 33 heavy (non-hydrogen) atoms. The third-order valence-electron chi connectivity index (χ3n) is 5.19. The van der Waals surface area contributed by atoms with Crippen LogP contribution in [0, 0.1) is 6.92 Å². The van der Waals surface area contributed by atoms with E-state index in [-0.39, 0.29) is 16.8 Å². The van der Waals surface area contributed by atoms with Crippen molar-refractivity contribution in [2.75, 3.05) is 4.90 Å². The molecule has 2 amide bonds. The number of imide groups is 1. The molecule has 0 fully saturated rings. The Balaban J connectivity index is 1.89. The summed E-state index contributed by atoms with van der Waals surface area (Å²) in [6.07, 6.45) is -11.6. The molecule has 172 valence electrons. The van der Waals surface area contributed by atoms with Crippen molar-refractivity contribution in [3.8, 4) is 5.69 Å². The van der Waals surface area contributed by atoms with Crippen molar-refractivity contribution in [2.24, 2.45) is 0 Å². The highest BCUT2D eigenvalue weighted by atomic mass is 19.4. The van der Waals surface area contributed by atoms with Gasteiger partial charge in [0.25, 0.3) is 11.8 Å². The molecule has 0 radical (unpaired) electrons. The highest BCUT2D eigenvalue weighted by Crippen LogP contribution is 2.54. The first kappa shape index (κ1) is 22.4. The molecule has 0 atom stereocenters. The quantitative estimate of drug-likeness (QED) is 0.424. The van der Waals surface area contributed by atoms with Crippen LogP contribution in [0.25, 0.3) is 5.69 Å². The first-order valence-corrected chi connectivity index (χ1v) is 8.98. The first-order valence-electron chi connectivity index (χ1n) is 8.98. The van der Waals surface area contributed by atoms with Crippen molar-refractivity contribution >= 4 is 17.5 Å². The highest BCUT2D eigenvalue weighted by Gasteiger charge is 2.74. The maximum Gasteiger partial charge on any atom is 0.435 e. The summed E-state index contributed by atoms with van der Waals surface area (Å²) >= 11 is 0. The summed E-state index contributed by atoms with van der Waals surface area (Å²) in [6, 6.07) is 5.97. The van der Waals surface area contributed by atoms with Crippen molar-refractivity contribution in [2.45, 2.75) is 24.9 Å². The fourth-order valence-electron chi connectivity index (χ4n) is 3.65. The molecule has 0 unspecified atom stereocenters. The summed E-state index contributed by atoms with van der Waals surface area (Å²) in [5.74, 6) is -2.07. The number of tetrazole rings is 1. The molecule has 14 heteroatoms. The summed E-state index contributed by atoms with van der Waals surface area (Å²) in [5.41, 5.74) is -9.37. The van der Waals surface area contributed by atoms with Gasteiger partial charge in [0.1, 0.15) is 6.33 Å². The lowest BCUT2D eigenvalue weighted by Crippen LogP contribution is -2.51. The third-order valence-corrected chi connectivity index (χ3v) is 5.19. The minimum atomic E-state index is -6.36. The number of benzene rings is 2. The molecule has 0 bridgehead atoms. The summed E-state index contributed by atoms with van der Waals surface area (Å²) in [6.45, 7) is 0.766. The zero-order valence-electron chi connectivity index (χ0n) is 16.2. The minimum Gasteiger partial charge on any atom is -0.268 e. The second-order valence-electron chi connectivity index (χ2n) is 7.00. The van der Waals surface area contributed by atoms with Gasteiger partial charge in [-0.3, -0.25) is 9.59 Å². The van der Waals surface area contributed by atoms with Crippen LogP contribution < -0.4 is 4.90 Å². The van der Waals surface area contributed by atoms with Crippen LogP contribution in [-0.4, -0.2) is 44.4 Å². The number of aromatic nitrogens is 4. The average Bonchev–Trinajstić information content (AvgIpc) is 3.34. The monoisotopic (exact) mass is 473 g/mol. The molecule has 0 saturated carbocycles. The number of hydrogen-bond acceptors (Lipinski definition) is 5. The van der Waals surface area contributed by atoms with Crippen LogP contribution in [0.3, 0.4) is 0 Å². The van der Waals surface area contributed by atoms with Crippen LogP contribution in [0.5, 0.6) is 0 Å². The van der Waals surface area contributed by atoms with E-state index in [0.717, 1.165) is 24.0 Å². The van der Waals surface area contributed by atoms with Crippen LogP contribution in [0.1, 0.15) is 31.8 Å². The molecule has 2 aromatic carbocycles. The molecule has 2 heterocycles. The number of rotatable bonds is 3. The molecular formula is C19H10F7N5O2. The molecule has 7 nitrogen and oxygen atoms in total. The molecule has 4 rings (SSSR count). The van der Waals surface area contributed by atoms with Crippen molar-refractivity contribution < 1.29 is 40.3 Å². The number of nitrogens with zero attached hydrogens (tertiary/aromatic N) is 5. The topological polar surface area (TPSA) is 81.0 Å². The van der Waals surface area contributed by atoms with Gasteiger partial charge in [-0.1, -0.05) is 18.2 Å². The maximum atomic E-state index is 14.7. The standard InChI is InChI=1S/C19H10F7N5O2/c1-9-11(17(20,18(21,22)23)19(24,25)26)5-3-6-12(9)31-15(32)10-4-2-7-13(14(10)16(31)33)30-8-27-28-29-30/h2-8H,1H3. The van der Waals surface area contributed by atoms with E-state index in [1.165, 1.54) is 18.2 Å². The number of carbonyl (C=O) groups is 2. The average molecular weight is 473 g/mol. The molecule has 0 spiro atoms. The largest absolute Gasteiger partial charge is 0.435 e. The van der Waals surface area contributed by atoms with E-state index in [9.17, 15) is 40.3 Å². The molecule has 1 aliphatic rings. The van der Waals surface area contributed by atoms with Gasteiger partial charge in [-0.25, -0.2) is 9.29 Å². The van der Waals surface area contributed by atoms with Gasteiger partial charge in [-0.05, 0) is 41.1 Å². The number of fused-ring (bicyclic) bond motifs is 1. The van der Waals surface area contributed by atoms with Crippen molar-refractivity contribution in [3.63, 3.8) is 0 Å². The lowest BCUT2D eigenvalue weighted by atomic mass is 9.89. The highest BCUT2D eigenvalue weighted by molar-refractivity contribution is 6.35. The van der Waals surface area contributed by atoms with Crippen LogP contribution in [0.2, 0.25) is 0 Å². The third kappa shape index (κ3) is 3.08. The van der Waals surface area contributed by atoms with Crippen LogP contribution in [-0.2, 0) is 5.67 Å². The van der Waals surface area contributed by atoms with Crippen molar-refractivity contribution in [1.82, 2.24) is 20.2 Å². The van der Waals surface area contributed by atoms with Gasteiger partial charge in [0.2, 0.25) is 0 Å². The predicted octanol–water partition coefficient (Wildman–Crippen LogP) is 4.06. The van der Waals surface area contributed by atoms with Gasteiger partial charge in [-0.2, -0.15) is 31.0 Å². The van der Waals surface area contributed by atoms with E-state index in [2.05, 4.69) is 15.5 Å². The Morgan fingerprint density at radius 1 is 0.818 bits per heavy atom. The van der Waals surface area contributed by atoms with Gasteiger partial charge in [0.05, 0.1) is 22.5 Å². The minimum absolute atomic E-state index is 0.0533. The number of alkyl halides is 7. The molecule has 3 aromatic rings. The SMILES string of the molecule is Cc1c(N2C(=O)c3cccc(-n4cnnn4)c3C2=O)cccc1C(F)(C(F)(F)F)C(F)(F)F. The van der Waals surface area contributed by atoms with E-state index in [1.807, 2.05) is 0 Å². The van der Waals surface area contributed by atoms with Crippen LogP contribution in [0.4, 0.5) is 36.4 Å². The maximum absolute atomic E-state index is 14.7. The molecule has 0 saturated heterocycles. The Hall–Kier alpha value is -3.84. The van der Waals surface area contributed by atoms with E-state index >= 15 is 0 Å². The summed E-state index contributed by atoms with van der Waals surface area (Å²) in [5, 5.41) is 10.4. The lowest BCUT2D eigenvalue weighted by Gasteiger charge is -2.32.